The van der Waals surface area contributed by atoms with Gasteiger partial charge in [0, 0.05) is 17.2 Å². The van der Waals surface area contributed by atoms with E-state index < -0.39 is 5.97 Å². The Balaban J connectivity index is 1.38. The van der Waals surface area contributed by atoms with Gasteiger partial charge in [-0.1, -0.05) is 53.3 Å². The van der Waals surface area contributed by atoms with E-state index in [-0.39, 0.29) is 22.2 Å². The number of carboxylic acids is 1. The van der Waals surface area contributed by atoms with Crippen molar-refractivity contribution in [2.45, 2.75) is 18.9 Å². The number of thiazole rings is 1. The quantitative estimate of drug-likeness (QED) is 0.251. The van der Waals surface area contributed by atoms with Gasteiger partial charge in [-0.25, -0.2) is 9.79 Å². The van der Waals surface area contributed by atoms with Crippen molar-refractivity contribution in [2.24, 2.45) is 4.99 Å². The Bertz CT molecular complexity index is 2190. The van der Waals surface area contributed by atoms with Crippen molar-refractivity contribution < 1.29 is 23.8 Å². The van der Waals surface area contributed by atoms with Gasteiger partial charge in [0.25, 0.3) is 5.56 Å². The average molecular weight is 625 g/mol. The van der Waals surface area contributed by atoms with Crippen LogP contribution in [0.3, 0.4) is 0 Å². The van der Waals surface area contributed by atoms with Gasteiger partial charge >= 0.3 is 5.97 Å². The highest BCUT2D eigenvalue weighted by Crippen LogP contribution is 2.42. The standard InChI is InChI=1S/C34H25ClN2O6S/c1-41-27-13-9-20(16-28(27)42-2)31-23-11-7-18-5-3-4-6-22(18)30(23)36-34-37(31)32(38)29(44-34)17-21-10-14-26(43-21)19-8-12-25(35)24(15-19)33(39)40/h3-6,8-10,12-17,31H,7,11H2,1-2H3,(H,39,40)/b29-17-/t31-/m0/s1. The average Bonchev–Trinajstić information content (AvgIpc) is 3.63. The summed E-state index contributed by atoms with van der Waals surface area (Å²) in [6, 6.07) is 21.8. The largest absolute Gasteiger partial charge is 0.493 e. The highest BCUT2D eigenvalue weighted by atomic mass is 35.5. The molecule has 0 saturated heterocycles. The summed E-state index contributed by atoms with van der Waals surface area (Å²) in [6.07, 6.45) is 3.31. The SMILES string of the molecule is COc1ccc([C@H]2C3=C(N=c4s/c(=C\c5ccc(-c6ccc(Cl)c(C(=O)O)c6)o5)c(=O)n42)c2ccccc2CC3)cc1OC. The van der Waals surface area contributed by atoms with E-state index in [4.69, 9.17) is 30.5 Å². The van der Waals surface area contributed by atoms with Gasteiger partial charge in [-0.2, -0.15) is 0 Å². The van der Waals surface area contributed by atoms with Gasteiger partial charge in [0.15, 0.2) is 16.3 Å². The lowest BCUT2D eigenvalue weighted by Crippen LogP contribution is -2.38. The zero-order valence-corrected chi connectivity index (χ0v) is 25.2. The molecule has 0 saturated carbocycles. The Kier molecular flexibility index (Phi) is 6.99. The number of rotatable bonds is 6. The maximum Gasteiger partial charge on any atom is 0.337 e. The van der Waals surface area contributed by atoms with Gasteiger partial charge < -0.3 is 19.0 Å². The fourth-order valence-corrected chi connectivity index (χ4v) is 7.08. The maximum absolute atomic E-state index is 14.1. The molecule has 2 aliphatic rings. The Morgan fingerprint density at radius 1 is 1.05 bits per heavy atom. The first-order valence-corrected chi connectivity index (χ1v) is 15.0. The van der Waals surface area contributed by atoms with E-state index >= 15 is 0 Å². The van der Waals surface area contributed by atoms with Crippen LogP contribution in [-0.2, 0) is 6.42 Å². The van der Waals surface area contributed by atoms with Crippen LogP contribution in [-0.4, -0.2) is 29.9 Å². The van der Waals surface area contributed by atoms with E-state index in [2.05, 4.69) is 12.1 Å². The van der Waals surface area contributed by atoms with Crippen molar-refractivity contribution >= 4 is 40.7 Å². The molecule has 0 fully saturated rings. The number of aromatic carboxylic acids is 1. The predicted molar refractivity (Wildman–Crippen MR) is 168 cm³/mol. The molecule has 7 rings (SSSR count). The first-order valence-electron chi connectivity index (χ1n) is 13.8. The number of fused-ring (bicyclic) bond motifs is 3. The molecule has 1 aliphatic heterocycles. The van der Waals surface area contributed by atoms with E-state index in [0.717, 1.165) is 35.2 Å². The summed E-state index contributed by atoms with van der Waals surface area (Å²) in [5, 5.41) is 9.60. The number of methoxy groups -OCH3 is 2. The molecule has 44 heavy (non-hydrogen) atoms. The summed E-state index contributed by atoms with van der Waals surface area (Å²) in [4.78, 5) is 31.3. The summed E-state index contributed by atoms with van der Waals surface area (Å²) < 4.78 is 19.4. The summed E-state index contributed by atoms with van der Waals surface area (Å²) in [5.41, 5.74) is 5.55. The lowest BCUT2D eigenvalue weighted by atomic mass is 9.83. The van der Waals surface area contributed by atoms with Crippen molar-refractivity contribution in [1.82, 2.24) is 4.57 Å². The molecule has 1 N–H and O–H groups in total. The highest BCUT2D eigenvalue weighted by Gasteiger charge is 2.33. The van der Waals surface area contributed by atoms with E-state index in [9.17, 15) is 14.7 Å². The van der Waals surface area contributed by atoms with Crippen molar-refractivity contribution in [3.8, 4) is 22.8 Å². The lowest BCUT2D eigenvalue weighted by Gasteiger charge is -2.31. The fourth-order valence-electron chi connectivity index (χ4n) is 5.90. The first kappa shape index (κ1) is 27.9. The first-order chi connectivity index (χ1) is 21.4. The van der Waals surface area contributed by atoms with Gasteiger partial charge in [0.2, 0.25) is 0 Å². The Labute approximate surface area is 260 Å². The van der Waals surface area contributed by atoms with Crippen LogP contribution >= 0.6 is 22.9 Å². The number of halogens is 1. The molecule has 0 spiro atoms. The lowest BCUT2D eigenvalue weighted by molar-refractivity contribution is 0.0697. The molecule has 2 aromatic heterocycles. The van der Waals surface area contributed by atoms with Gasteiger partial charge in [-0.3, -0.25) is 9.36 Å². The number of hydrogen-bond acceptors (Lipinski definition) is 7. The number of aromatic nitrogens is 1. The van der Waals surface area contributed by atoms with Gasteiger partial charge in [-0.15, -0.1) is 0 Å². The molecular weight excluding hydrogens is 600 g/mol. The number of aryl methyl sites for hydroxylation is 1. The molecular formula is C34H25ClN2O6S. The summed E-state index contributed by atoms with van der Waals surface area (Å²) in [5.74, 6) is 0.974. The molecule has 10 heteroatoms. The van der Waals surface area contributed by atoms with Crippen molar-refractivity contribution in [3.05, 3.63) is 131 Å². The smallest absolute Gasteiger partial charge is 0.337 e. The van der Waals surface area contributed by atoms with Crippen LogP contribution in [0.1, 0.15) is 45.3 Å². The third-order valence-corrected chi connectivity index (χ3v) is 9.29. The number of hydrogen-bond donors (Lipinski definition) is 1. The maximum atomic E-state index is 14.1. The number of ether oxygens (including phenoxy) is 2. The van der Waals surface area contributed by atoms with Gasteiger partial charge in [0.05, 0.1) is 41.1 Å². The molecule has 0 unspecified atom stereocenters. The van der Waals surface area contributed by atoms with E-state index in [1.165, 1.54) is 29.0 Å². The summed E-state index contributed by atoms with van der Waals surface area (Å²) >= 11 is 7.34. The summed E-state index contributed by atoms with van der Waals surface area (Å²) in [7, 11) is 3.19. The monoisotopic (exact) mass is 624 g/mol. The Morgan fingerprint density at radius 2 is 1.86 bits per heavy atom. The van der Waals surface area contributed by atoms with Gasteiger partial charge in [-0.05, 0) is 72.0 Å². The van der Waals surface area contributed by atoms with Crippen LogP contribution in [0.5, 0.6) is 11.5 Å². The van der Waals surface area contributed by atoms with Crippen LogP contribution in [0.4, 0.5) is 0 Å². The molecule has 8 nitrogen and oxygen atoms in total. The number of carboxylic acid groups (broad SMARTS) is 1. The topological polar surface area (TPSA) is 103 Å². The van der Waals surface area contributed by atoms with Crippen molar-refractivity contribution in [2.75, 3.05) is 14.2 Å². The van der Waals surface area contributed by atoms with Crippen molar-refractivity contribution in [3.63, 3.8) is 0 Å². The van der Waals surface area contributed by atoms with E-state index in [1.54, 1.807) is 43.1 Å². The van der Waals surface area contributed by atoms with E-state index in [0.29, 0.717) is 37.9 Å². The van der Waals surface area contributed by atoms with Gasteiger partial charge in [0.1, 0.15) is 11.5 Å². The third kappa shape index (κ3) is 4.65. The van der Waals surface area contributed by atoms with Crippen LogP contribution < -0.4 is 24.4 Å². The second kappa shape index (κ2) is 11.0. The number of furan rings is 1. The normalized spacial score (nSPS) is 15.7. The minimum Gasteiger partial charge on any atom is -0.493 e. The third-order valence-electron chi connectivity index (χ3n) is 7.98. The minimum atomic E-state index is -1.13. The second-order valence-electron chi connectivity index (χ2n) is 10.4. The molecule has 1 atom stereocenters. The Morgan fingerprint density at radius 3 is 2.66 bits per heavy atom. The number of benzene rings is 3. The number of carbonyl (C=O) groups is 1. The molecule has 3 aromatic carbocycles. The van der Waals surface area contributed by atoms with E-state index in [1.807, 2.05) is 30.3 Å². The minimum absolute atomic E-state index is 0.0175. The van der Waals surface area contributed by atoms with Crippen LogP contribution in [0, 0.1) is 0 Å². The predicted octanol–water partition coefficient (Wildman–Crippen LogP) is 5.95. The zero-order valence-electron chi connectivity index (χ0n) is 23.7. The van der Waals surface area contributed by atoms with Crippen LogP contribution in [0.2, 0.25) is 5.02 Å². The Hall–Kier alpha value is -4.86. The molecule has 1 aliphatic carbocycles. The van der Waals surface area contributed by atoms with Crippen LogP contribution in [0.15, 0.2) is 92.6 Å². The highest BCUT2D eigenvalue weighted by molar-refractivity contribution is 7.07. The summed E-state index contributed by atoms with van der Waals surface area (Å²) in [6.45, 7) is 0. The molecule has 3 heterocycles. The fraction of sp³-hybridized carbons (Fsp3) is 0.147. The van der Waals surface area contributed by atoms with Crippen molar-refractivity contribution in [1.29, 1.82) is 0 Å². The zero-order chi connectivity index (χ0) is 30.5. The molecule has 0 amide bonds. The molecule has 220 valence electrons. The second-order valence-corrected chi connectivity index (χ2v) is 11.8. The number of allylic oxidation sites excluding steroid dienone is 1. The molecule has 0 radical (unpaired) electrons. The van der Waals surface area contributed by atoms with Crippen LogP contribution in [0.25, 0.3) is 23.1 Å². The molecule has 0 bridgehead atoms. The number of nitrogens with zero attached hydrogens (tertiary/aromatic N) is 2. The molecule has 5 aromatic rings.